The summed E-state index contributed by atoms with van der Waals surface area (Å²) < 4.78 is 7.05. The van der Waals surface area contributed by atoms with E-state index in [1.165, 1.54) is 0 Å². The van der Waals surface area contributed by atoms with Gasteiger partial charge in [0.15, 0.2) is 5.82 Å². The standard InChI is InChI=1S/C18H22N4O2/c1-18(2,3)22-14-9-10-19-17(23)15(14)16(21-22)20-11-12-5-7-13(24-4)8-6-12/h5-10H,11H2,1-4H3,(H,19,23)(H,20,21). The zero-order chi connectivity index (χ0) is 17.3. The molecule has 24 heavy (non-hydrogen) atoms. The van der Waals surface area contributed by atoms with Gasteiger partial charge in [-0.15, -0.1) is 0 Å². The average molecular weight is 326 g/mol. The minimum absolute atomic E-state index is 0.139. The fraction of sp³-hybridized carbons (Fsp3) is 0.333. The Morgan fingerprint density at radius 1 is 1.21 bits per heavy atom. The fourth-order valence-corrected chi connectivity index (χ4v) is 2.64. The van der Waals surface area contributed by atoms with E-state index < -0.39 is 0 Å². The first kappa shape index (κ1) is 16.1. The van der Waals surface area contributed by atoms with Gasteiger partial charge in [-0.2, -0.15) is 5.10 Å². The van der Waals surface area contributed by atoms with Gasteiger partial charge in [0, 0.05) is 12.7 Å². The molecular weight excluding hydrogens is 304 g/mol. The molecule has 0 saturated heterocycles. The zero-order valence-corrected chi connectivity index (χ0v) is 14.4. The first-order valence-electron chi connectivity index (χ1n) is 7.88. The maximum absolute atomic E-state index is 12.3. The molecule has 0 atom stereocenters. The van der Waals surface area contributed by atoms with Crippen LogP contribution in [0.2, 0.25) is 0 Å². The van der Waals surface area contributed by atoms with Crippen LogP contribution in [0, 0.1) is 0 Å². The third kappa shape index (κ3) is 2.99. The molecule has 2 heterocycles. The molecular formula is C18H22N4O2. The molecule has 0 aliphatic rings. The summed E-state index contributed by atoms with van der Waals surface area (Å²) in [5.41, 5.74) is 1.55. The van der Waals surface area contributed by atoms with Gasteiger partial charge >= 0.3 is 0 Å². The maximum atomic E-state index is 12.3. The molecule has 3 aromatic rings. The lowest BCUT2D eigenvalue weighted by molar-refractivity contribution is 0.369. The molecule has 0 amide bonds. The number of nitrogens with zero attached hydrogens (tertiary/aromatic N) is 2. The Hall–Kier alpha value is -2.76. The Balaban J connectivity index is 1.95. The van der Waals surface area contributed by atoms with E-state index >= 15 is 0 Å². The van der Waals surface area contributed by atoms with E-state index in [2.05, 4.69) is 36.2 Å². The summed E-state index contributed by atoms with van der Waals surface area (Å²) in [4.78, 5) is 15.0. The van der Waals surface area contributed by atoms with E-state index in [1.54, 1.807) is 13.3 Å². The van der Waals surface area contributed by atoms with Gasteiger partial charge in [-0.25, -0.2) is 0 Å². The summed E-state index contributed by atoms with van der Waals surface area (Å²) in [7, 11) is 1.64. The van der Waals surface area contributed by atoms with Gasteiger partial charge in [-0.3, -0.25) is 9.48 Å². The van der Waals surface area contributed by atoms with E-state index in [1.807, 2.05) is 35.0 Å². The first-order valence-corrected chi connectivity index (χ1v) is 7.88. The molecule has 3 rings (SSSR count). The minimum Gasteiger partial charge on any atom is -0.497 e. The molecule has 0 aliphatic carbocycles. The second-order valence-corrected chi connectivity index (χ2v) is 6.70. The van der Waals surface area contributed by atoms with E-state index in [-0.39, 0.29) is 11.1 Å². The summed E-state index contributed by atoms with van der Waals surface area (Å²) in [5, 5.41) is 8.50. The number of fused-ring (bicyclic) bond motifs is 1. The number of benzene rings is 1. The van der Waals surface area contributed by atoms with Crippen molar-refractivity contribution in [3.05, 3.63) is 52.4 Å². The summed E-state index contributed by atoms with van der Waals surface area (Å²) in [6.45, 7) is 6.77. The highest BCUT2D eigenvalue weighted by Crippen LogP contribution is 2.25. The number of aromatic nitrogens is 3. The van der Waals surface area contributed by atoms with Crippen molar-refractivity contribution >= 4 is 16.7 Å². The van der Waals surface area contributed by atoms with Crippen molar-refractivity contribution in [3.63, 3.8) is 0 Å². The van der Waals surface area contributed by atoms with Crippen molar-refractivity contribution in [2.75, 3.05) is 12.4 Å². The smallest absolute Gasteiger partial charge is 0.261 e. The molecule has 2 N–H and O–H groups in total. The predicted molar refractivity (Wildman–Crippen MR) is 95.7 cm³/mol. The van der Waals surface area contributed by atoms with Crippen LogP contribution in [-0.4, -0.2) is 21.9 Å². The molecule has 2 aromatic heterocycles. The SMILES string of the molecule is COc1ccc(CNc2nn(C(C)(C)C)c3cc[nH]c(=O)c23)cc1. The van der Waals surface area contributed by atoms with Gasteiger partial charge in [0.2, 0.25) is 0 Å². The number of pyridine rings is 1. The van der Waals surface area contributed by atoms with E-state index in [0.717, 1.165) is 16.8 Å². The van der Waals surface area contributed by atoms with Crippen molar-refractivity contribution in [1.82, 2.24) is 14.8 Å². The summed E-state index contributed by atoms with van der Waals surface area (Å²) in [6, 6.07) is 9.68. The predicted octanol–water partition coefficient (Wildman–Crippen LogP) is 3.10. The Labute approximate surface area is 140 Å². The topological polar surface area (TPSA) is 71.9 Å². The third-order valence-corrected chi connectivity index (χ3v) is 3.86. The number of ether oxygens (including phenoxy) is 1. The van der Waals surface area contributed by atoms with Gasteiger partial charge in [0.1, 0.15) is 11.1 Å². The van der Waals surface area contributed by atoms with Crippen LogP contribution in [0.4, 0.5) is 5.82 Å². The number of anilines is 1. The van der Waals surface area contributed by atoms with Crippen LogP contribution in [0.1, 0.15) is 26.3 Å². The Morgan fingerprint density at radius 3 is 2.54 bits per heavy atom. The van der Waals surface area contributed by atoms with Crippen LogP contribution in [0.25, 0.3) is 10.9 Å². The Morgan fingerprint density at radius 2 is 1.92 bits per heavy atom. The molecule has 0 fully saturated rings. The average Bonchev–Trinajstić information content (AvgIpc) is 2.94. The lowest BCUT2D eigenvalue weighted by atomic mass is 10.1. The molecule has 126 valence electrons. The molecule has 0 unspecified atom stereocenters. The van der Waals surface area contributed by atoms with Crippen LogP contribution in [0.5, 0.6) is 5.75 Å². The monoisotopic (exact) mass is 326 g/mol. The van der Waals surface area contributed by atoms with E-state index in [4.69, 9.17) is 4.74 Å². The van der Waals surface area contributed by atoms with Gasteiger partial charge in [-0.05, 0) is 44.5 Å². The quantitative estimate of drug-likeness (QED) is 0.773. The second-order valence-electron chi connectivity index (χ2n) is 6.70. The van der Waals surface area contributed by atoms with Crippen molar-refractivity contribution in [2.45, 2.75) is 32.9 Å². The molecule has 6 nitrogen and oxygen atoms in total. The molecule has 0 aliphatic heterocycles. The summed E-state index contributed by atoms with van der Waals surface area (Å²) >= 11 is 0. The minimum atomic E-state index is -0.216. The molecule has 0 radical (unpaired) electrons. The number of hydrogen-bond acceptors (Lipinski definition) is 4. The van der Waals surface area contributed by atoms with Crippen molar-refractivity contribution in [2.24, 2.45) is 0 Å². The Bertz CT molecular complexity index is 901. The van der Waals surface area contributed by atoms with E-state index in [9.17, 15) is 4.79 Å². The maximum Gasteiger partial charge on any atom is 0.261 e. The number of aromatic amines is 1. The van der Waals surface area contributed by atoms with Crippen molar-refractivity contribution in [3.8, 4) is 5.75 Å². The second kappa shape index (κ2) is 6.03. The number of H-pyrrole nitrogens is 1. The summed E-state index contributed by atoms with van der Waals surface area (Å²) in [6.07, 6.45) is 1.65. The number of nitrogens with one attached hydrogen (secondary N) is 2. The number of rotatable bonds is 4. The molecule has 0 saturated carbocycles. The Kier molecular flexibility index (Phi) is 4.05. The lowest BCUT2D eigenvalue weighted by Crippen LogP contribution is -2.23. The van der Waals surface area contributed by atoms with Crippen LogP contribution >= 0.6 is 0 Å². The van der Waals surface area contributed by atoms with Crippen LogP contribution in [0.3, 0.4) is 0 Å². The largest absolute Gasteiger partial charge is 0.497 e. The normalized spacial score (nSPS) is 11.7. The molecule has 0 bridgehead atoms. The number of hydrogen-bond donors (Lipinski definition) is 2. The highest BCUT2D eigenvalue weighted by molar-refractivity contribution is 5.89. The van der Waals surface area contributed by atoms with Gasteiger partial charge in [-0.1, -0.05) is 12.1 Å². The fourth-order valence-electron chi connectivity index (χ4n) is 2.64. The van der Waals surface area contributed by atoms with Crippen molar-refractivity contribution < 1.29 is 4.74 Å². The number of methoxy groups -OCH3 is 1. The molecule has 0 spiro atoms. The van der Waals surface area contributed by atoms with Crippen LogP contribution in [-0.2, 0) is 12.1 Å². The van der Waals surface area contributed by atoms with Gasteiger partial charge < -0.3 is 15.0 Å². The zero-order valence-electron chi connectivity index (χ0n) is 14.4. The highest BCUT2D eigenvalue weighted by atomic mass is 16.5. The van der Waals surface area contributed by atoms with Gasteiger partial charge in [0.25, 0.3) is 5.56 Å². The summed E-state index contributed by atoms with van der Waals surface area (Å²) in [5.74, 6) is 1.41. The van der Waals surface area contributed by atoms with Crippen LogP contribution in [0.15, 0.2) is 41.3 Å². The van der Waals surface area contributed by atoms with Gasteiger partial charge in [0.05, 0.1) is 18.2 Å². The third-order valence-electron chi connectivity index (χ3n) is 3.86. The lowest BCUT2D eigenvalue weighted by Gasteiger charge is -2.20. The molecule has 1 aromatic carbocycles. The highest BCUT2D eigenvalue weighted by Gasteiger charge is 2.21. The van der Waals surface area contributed by atoms with Crippen LogP contribution < -0.4 is 15.6 Å². The van der Waals surface area contributed by atoms with Crippen molar-refractivity contribution in [1.29, 1.82) is 0 Å². The molecule has 6 heteroatoms. The first-order chi connectivity index (χ1) is 11.4. The van der Waals surface area contributed by atoms with E-state index in [0.29, 0.717) is 17.7 Å².